The summed E-state index contributed by atoms with van der Waals surface area (Å²) >= 11 is 3.53. The molecule has 1 aliphatic heterocycles. The Bertz CT molecular complexity index is 944. The lowest BCUT2D eigenvalue weighted by Crippen LogP contribution is -2.40. The highest BCUT2D eigenvalue weighted by molar-refractivity contribution is 9.10. The number of benzene rings is 2. The fraction of sp³-hybridized carbons (Fsp3) is 0.348. The molecule has 146 valence electrons. The number of hydrogen-bond donors (Lipinski definition) is 2. The van der Waals surface area contributed by atoms with E-state index in [1.807, 2.05) is 6.07 Å². The zero-order chi connectivity index (χ0) is 19.3. The summed E-state index contributed by atoms with van der Waals surface area (Å²) in [4.78, 5) is 18.3. The fourth-order valence-electron chi connectivity index (χ4n) is 4.05. The van der Waals surface area contributed by atoms with E-state index in [1.165, 1.54) is 16.5 Å². The van der Waals surface area contributed by atoms with Crippen LogP contribution in [0.15, 0.2) is 59.2 Å². The van der Waals surface area contributed by atoms with Gasteiger partial charge in [-0.2, -0.15) is 0 Å². The summed E-state index contributed by atoms with van der Waals surface area (Å²) < 4.78 is 1.12. The number of rotatable bonds is 6. The second-order valence-corrected chi connectivity index (χ2v) is 8.50. The summed E-state index contributed by atoms with van der Waals surface area (Å²) in [6.45, 7) is 3.60. The van der Waals surface area contributed by atoms with E-state index < -0.39 is 0 Å². The molecule has 3 aromatic rings. The number of H-pyrrole nitrogens is 1. The highest BCUT2D eigenvalue weighted by Crippen LogP contribution is 2.21. The van der Waals surface area contributed by atoms with E-state index in [2.05, 4.69) is 79.8 Å². The topological polar surface area (TPSA) is 48.1 Å². The maximum atomic E-state index is 12.6. The minimum absolute atomic E-state index is 0.140. The second kappa shape index (κ2) is 8.93. The molecule has 5 heteroatoms. The summed E-state index contributed by atoms with van der Waals surface area (Å²) in [5, 5.41) is 4.40. The van der Waals surface area contributed by atoms with E-state index in [9.17, 15) is 4.79 Å². The Kier molecular flexibility index (Phi) is 6.13. The van der Waals surface area contributed by atoms with E-state index in [1.54, 1.807) is 0 Å². The maximum Gasteiger partial charge on any atom is 0.223 e. The molecule has 4 nitrogen and oxygen atoms in total. The van der Waals surface area contributed by atoms with Crippen LogP contribution in [0.5, 0.6) is 0 Å². The van der Waals surface area contributed by atoms with Crippen molar-refractivity contribution in [3.63, 3.8) is 0 Å². The van der Waals surface area contributed by atoms with Crippen molar-refractivity contribution in [3.8, 4) is 0 Å². The van der Waals surface area contributed by atoms with Crippen LogP contribution in [0, 0.1) is 5.92 Å². The van der Waals surface area contributed by atoms with Gasteiger partial charge in [0.05, 0.1) is 0 Å². The van der Waals surface area contributed by atoms with Crippen molar-refractivity contribution in [3.05, 3.63) is 70.3 Å². The number of amides is 1. The van der Waals surface area contributed by atoms with Crippen molar-refractivity contribution in [2.45, 2.75) is 25.8 Å². The predicted molar refractivity (Wildman–Crippen MR) is 117 cm³/mol. The Morgan fingerprint density at radius 3 is 2.79 bits per heavy atom. The zero-order valence-corrected chi connectivity index (χ0v) is 17.5. The van der Waals surface area contributed by atoms with Crippen LogP contribution >= 0.6 is 15.9 Å². The first-order valence-corrected chi connectivity index (χ1v) is 10.8. The smallest absolute Gasteiger partial charge is 0.223 e. The normalized spacial score (nSPS) is 15.8. The molecular weight excluding hydrogens is 414 g/mol. The number of carbonyl (C=O) groups excluding carboxylic acids is 1. The van der Waals surface area contributed by atoms with Gasteiger partial charge in [-0.15, -0.1) is 0 Å². The molecule has 0 unspecified atom stereocenters. The van der Waals surface area contributed by atoms with Gasteiger partial charge in [0.1, 0.15) is 0 Å². The van der Waals surface area contributed by atoms with Gasteiger partial charge in [-0.05, 0) is 61.7 Å². The average molecular weight is 440 g/mol. The quantitative estimate of drug-likeness (QED) is 0.593. The van der Waals surface area contributed by atoms with E-state index in [-0.39, 0.29) is 11.8 Å². The first-order valence-electron chi connectivity index (χ1n) is 9.98. The minimum atomic E-state index is 0.140. The number of para-hydroxylation sites is 1. The first kappa shape index (κ1) is 19.2. The number of piperidine rings is 1. The third kappa shape index (κ3) is 4.65. The highest BCUT2D eigenvalue weighted by atomic mass is 79.9. The van der Waals surface area contributed by atoms with Gasteiger partial charge in [-0.3, -0.25) is 9.69 Å². The largest absolute Gasteiger partial charge is 0.361 e. The van der Waals surface area contributed by atoms with Crippen molar-refractivity contribution >= 4 is 32.7 Å². The van der Waals surface area contributed by atoms with Crippen LogP contribution in [-0.4, -0.2) is 35.4 Å². The third-order valence-corrected chi connectivity index (χ3v) is 6.12. The minimum Gasteiger partial charge on any atom is -0.361 e. The Balaban J connectivity index is 1.22. The van der Waals surface area contributed by atoms with Crippen molar-refractivity contribution in [2.24, 2.45) is 5.92 Å². The Hall–Kier alpha value is -2.11. The number of aromatic amines is 1. The molecule has 1 aromatic heterocycles. The molecule has 28 heavy (non-hydrogen) atoms. The number of hydrogen-bond acceptors (Lipinski definition) is 2. The van der Waals surface area contributed by atoms with Crippen LogP contribution in [0.2, 0.25) is 0 Å². The van der Waals surface area contributed by atoms with Crippen molar-refractivity contribution < 1.29 is 4.79 Å². The molecule has 0 spiro atoms. The van der Waals surface area contributed by atoms with Crippen molar-refractivity contribution in [1.29, 1.82) is 0 Å². The Labute approximate surface area is 174 Å². The lowest BCUT2D eigenvalue weighted by Gasteiger charge is -2.31. The van der Waals surface area contributed by atoms with E-state index in [0.717, 1.165) is 48.9 Å². The first-order chi connectivity index (χ1) is 13.7. The second-order valence-electron chi connectivity index (χ2n) is 7.58. The summed E-state index contributed by atoms with van der Waals surface area (Å²) in [5.41, 5.74) is 3.73. The third-order valence-electron chi connectivity index (χ3n) is 5.62. The van der Waals surface area contributed by atoms with Gasteiger partial charge < -0.3 is 10.3 Å². The number of halogens is 1. The standard InChI is InChI=1S/C23H26BrN3O/c24-20-5-3-4-17(14-20)16-27-12-9-18(10-13-27)23(28)25-11-8-19-15-26-22-7-2-1-6-21(19)22/h1-7,14-15,18,26H,8-13,16H2,(H,25,28). The molecule has 2 heterocycles. The fourth-order valence-corrected chi connectivity index (χ4v) is 4.50. The lowest BCUT2D eigenvalue weighted by molar-refractivity contribution is -0.126. The molecule has 1 aliphatic rings. The maximum absolute atomic E-state index is 12.6. The number of nitrogens with one attached hydrogen (secondary N) is 2. The molecular formula is C23H26BrN3O. The van der Waals surface area contributed by atoms with Crippen molar-refractivity contribution in [2.75, 3.05) is 19.6 Å². The molecule has 1 amide bonds. The van der Waals surface area contributed by atoms with E-state index >= 15 is 0 Å². The molecule has 2 N–H and O–H groups in total. The predicted octanol–water partition coefficient (Wildman–Crippen LogP) is 4.50. The van der Waals surface area contributed by atoms with Gasteiger partial charge in [-0.25, -0.2) is 0 Å². The van der Waals surface area contributed by atoms with Crippen molar-refractivity contribution in [1.82, 2.24) is 15.2 Å². The molecule has 2 aromatic carbocycles. The molecule has 1 saturated heterocycles. The van der Waals surface area contributed by atoms with Gasteiger partial charge in [0.25, 0.3) is 0 Å². The molecule has 0 aliphatic carbocycles. The van der Waals surface area contributed by atoms with Gasteiger partial charge in [0, 0.05) is 40.6 Å². The average Bonchev–Trinajstić information content (AvgIpc) is 3.12. The van der Waals surface area contributed by atoms with Gasteiger partial charge >= 0.3 is 0 Å². The summed E-state index contributed by atoms with van der Waals surface area (Å²) in [5.74, 6) is 0.351. The van der Waals surface area contributed by atoms with Crippen LogP contribution in [0.4, 0.5) is 0 Å². The summed E-state index contributed by atoms with van der Waals surface area (Å²) in [7, 11) is 0. The van der Waals surface area contributed by atoms with Crippen LogP contribution in [0.1, 0.15) is 24.0 Å². The summed E-state index contributed by atoms with van der Waals surface area (Å²) in [6.07, 6.45) is 4.79. The monoisotopic (exact) mass is 439 g/mol. The number of fused-ring (bicyclic) bond motifs is 1. The zero-order valence-electron chi connectivity index (χ0n) is 16.0. The lowest BCUT2D eigenvalue weighted by atomic mass is 9.95. The summed E-state index contributed by atoms with van der Waals surface area (Å²) in [6, 6.07) is 16.8. The van der Waals surface area contributed by atoms with Crippen LogP contribution in [-0.2, 0) is 17.8 Å². The Morgan fingerprint density at radius 1 is 1.14 bits per heavy atom. The van der Waals surface area contributed by atoms with Crippen LogP contribution in [0.3, 0.4) is 0 Å². The molecule has 0 radical (unpaired) electrons. The molecule has 0 bridgehead atoms. The molecule has 4 rings (SSSR count). The number of carbonyl (C=O) groups is 1. The number of nitrogens with zero attached hydrogens (tertiary/aromatic N) is 1. The van der Waals surface area contributed by atoms with Crippen LogP contribution < -0.4 is 5.32 Å². The van der Waals surface area contributed by atoms with Gasteiger partial charge in [-0.1, -0.05) is 46.3 Å². The SMILES string of the molecule is O=C(NCCc1c[nH]c2ccccc12)C1CCN(Cc2cccc(Br)c2)CC1. The van der Waals surface area contributed by atoms with E-state index in [0.29, 0.717) is 6.54 Å². The number of aromatic nitrogens is 1. The van der Waals surface area contributed by atoms with Gasteiger partial charge in [0.15, 0.2) is 0 Å². The molecule has 1 fully saturated rings. The molecule has 0 saturated carbocycles. The molecule has 0 atom stereocenters. The van der Waals surface area contributed by atoms with E-state index in [4.69, 9.17) is 0 Å². The Morgan fingerprint density at radius 2 is 1.96 bits per heavy atom. The number of likely N-dealkylation sites (tertiary alicyclic amines) is 1. The highest BCUT2D eigenvalue weighted by Gasteiger charge is 2.24. The van der Waals surface area contributed by atoms with Gasteiger partial charge in [0.2, 0.25) is 5.91 Å². The van der Waals surface area contributed by atoms with Crippen LogP contribution in [0.25, 0.3) is 10.9 Å².